The van der Waals surface area contributed by atoms with Crippen molar-refractivity contribution in [1.29, 1.82) is 0 Å². The van der Waals surface area contributed by atoms with E-state index in [1.807, 2.05) is 13.1 Å². The molecule has 1 N–H and O–H groups in total. The number of carbonyl (C=O) groups is 1. The molecule has 0 bridgehead atoms. The quantitative estimate of drug-likeness (QED) is 0.864. The van der Waals surface area contributed by atoms with E-state index in [0.717, 1.165) is 36.5 Å². The number of aromatic nitrogens is 2. The zero-order chi connectivity index (χ0) is 18.5. The number of aryl methyl sites for hydroxylation is 1. The molecule has 2 heterocycles. The van der Waals surface area contributed by atoms with E-state index in [9.17, 15) is 4.79 Å². The number of nitrogens with one attached hydrogen (secondary N) is 1. The number of carbonyl (C=O) groups excluding carboxylic acids is 1. The van der Waals surface area contributed by atoms with E-state index in [1.54, 1.807) is 4.68 Å². The van der Waals surface area contributed by atoms with Crippen molar-refractivity contribution in [3.05, 3.63) is 36.0 Å². The van der Waals surface area contributed by atoms with Gasteiger partial charge in [0.15, 0.2) is 5.82 Å². The van der Waals surface area contributed by atoms with E-state index >= 15 is 0 Å². The van der Waals surface area contributed by atoms with Crippen molar-refractivity contribution in [2.45, 2.75) is 39.8 Å². The lowest BCUT2D eigenvalue weighted by molar-refractivity contribution is -0.122. The van der Waals surface area contributed by atoms with E-state index in [-0.39, 0.29) is 18.5 Å². The molecule has 26 heavy (non-hydrogen) atoms. The van der Waals surface area contributed by atoms with Crippen molar-refractivity contribution in [1.82, 2.24) is 15.1 Å². The highest BCUT2D eigenvalue weighted by atomic mass is 16.5. The molecule has 1 unspecified atom stereocenters. The predicted octanol–water partition coefficient (Wildman–Crippen LogP) is 2.61. The molecule has 3 rings (SSSR count). The molecule has 1 atom stereocenters. The number of amides is 1. The third kappa shape index (κ3) is 4.43. The molecular weight excluding hydrogens is 328 g/mol. The second-order valence-corrected chi connectivity index (χ2v) is 6.91. The fourth-order valence-electron chi connectivity index (χ4n) is 3.01. The highest BCUT2D eigenvalue weighted by molar-refractivity contribution is 5.78. The van der Waals surface area contributed by atoms with Gasteiger partial charge >= 0.3 is 0 Å². The molecule has 6 heteroatoms. The van der Waals surface area contributed by atoms with Crippen LogP contribution >= 0.6 is 0 Å². The number of rotatable bonds is 6. The van der Waals surface area contributed by atoms with Crippen molar-refractivity contribution in [3.8, 4) is 11.1 Å². The van der Waals surface area contributed by atoms with Gasteiger partial charge in [0.05, 0.1) is 13.2 Å². The summed E-state index contributed by atoms with van der Waals surface area (Å²) in [5, 5.41) is 7.73. The first-order valence-electron chi connectivity index (χ1n) is 9.33. The maximum absolute atomic E-state index is 12.3. The lowest BCUT2D eigenvalue weighted by Gasteiger charge is -2.27. The second kappa shape index (κ2) is 8.36. The normalized spacial score (nSPS) is 15.7. The summed E-state index contributed by atoms with van der Waals surface area (Å²) in [6, 6.07) is 8.60. The highest BCUT2D eigenvalue weighted by Gasteiger charge is 2.20. The van der Waals surface area contributed by atoms with Crippen LogP contribution in [0.2, 0.25) is 0 Å². The van der Waals surface area contributed by atoms with Gasteiger partial charge in [0.2, 0.25) is 5.91 Å². The monoisotopic (exact) mass is 356 g/mol. The van der Waals surface area contributed by atoms with Crippen molar-refractivity contribution in [2.24, 2.45) is 0 Å². The first-order valence-corrected chi connectivity index (χ1v) is 9.33. The van der Waals surface area contributed by atoms with Crippen molar-refractivity contribution in [2.75, 3.05) is 31.2 Å². The van der Waals surface area contributed by atoms with Crippen LogP contribution in [0.3, 0.4) is 0 Å². The Labute approximate surface area is 155 Å². The molecule has 1 aromatic heterocycles. The standard InChI is InChI=1S/C20H28N4O2/c1-4-16(3)21-19(25)14-24-13-18(17-7-5-15(2)6-8-17)20(22-24)23-9-11-26-12-10-23/h5-8,13,16H,4,9-12,14H2,1-3H3,(H,21,25). The molecule has 1 aliphatic heterocycles. The van der Waals surface area contributed by atoms with Crippen LogP contribution in [0.25, 0.3) is 11.1 Å². The number of morpholine rings is 1. The van der Waals surface area contributed by atoms with E-state index in [4.69, 9.17) is 9.84 Å². The van der Waals surface area contributed by atoms with Gasteiger partial charge in [-0.2, -0.15) is 5.10 Å². The molecule has 0 saturated carbocycles. The fourth-order valence-corrected chi connectivity index (χ4v) is 3.01. The topological polar surface area (TPSA) is 59.4 Å². The second-order valence-electron chi connectivity index (χ2n) is 6.91. The van der Waals surface area contributed by atoms with Crippen LogP contribution in [-0.4, -0.2) is 48.0 Å². The highest BCUT2D eigenvalue weighted by Crippen LogP contribution is 2.30. The smallest absolute Gasteiger partial charge is 0.241 e. The van der Waals surface area contributed by atoms with Crippen molar-refractivity contribution < 1.29 is 9.53 Å². The fraction of sp³-hybridized carbons (Fsp3) is 0.500. The maximum atomic E-state index is 12.3. The van der Waals surface area contributed by atoms with Gasteiger partial charge < -0.3 is 15.0 Å². The number of hydrogen-bond acceptors (Lipinski definition) is 4. The van der Waals surface area contributed by atoms with E-state index in [0.29, 0.717) is 13.2 Å². The molecule has 2 aromatic rings. The lowest BCUT2D eigenvalue weighted by atomic mass is 10.1. The number of ether oxygens (including phenoxy) is 1. The molecule has 140 valence electrons. The first-order chi connectivity index (χ1) is 12.6. The molecule has 1 fully saturated rings. The zero-order valence-electron chi connectivity index (χ0n) is 15.9. The van der Waals surface area contributed by atoms with Gasteiger partial charge in [-0.1, -0.05) is 36.8 Å². The average molecular weight is 356 g/mol. The van der Waals surface area contributed by atoms with Gasteiger partial charge in [-0.05, 0) is 25.8 Å². The van der Waals surface area contributed by atoms with Crippen LogP contribution in [0, 0.1) is 6.92 Å². The molecule has 0 radical (unpaired) electrons. The third-order valence-electron chi connectivity index (χ3n) is 4.74. The molecule has 6 nitrogen and oxygen atoms in total. The van der Waals surface area contributed by atoms with E-state index in [2.05, 4.69) is 48.3 Å². The number of hydrogen-bond donors (Lipinski definition) is 1. The van der Waals surface area contributed by atoms with Gasteiger partial charge in [-0.25, -0.2) is 0 Å². The molecule has 1 aliphatic rings. The van der Waals surface area contributed by atoms with E-state index < -0.39 is 0 Å². The van der Waals surface area contributed by atoms with Crippen LogP contribution in [0.5, 0.6) is 0 Å². The largest absolute Gasteiger partial charge is 0.378 e. The number of anilines is 1. The Bertz CT molecular complexity index is 733. The van der Waals surface area contributed by atoms with Crippen LogP contribution in [0.4, 0.5) is 5.82 Å². The zero-order valence-corrected chi connectivity index (χ0v) is 15.9. The Kier molecular flexibility index (Phi) is 5.93. The Morgan fingerprint density at radius 1 is 1.27 bits per heavy atom. The third-order valence-corrected chi connectivity index (χ3v) is 4.74. The first kappa shape index (κ1) is 18.5. The minimum atomic E-state index is -0.00849. The Morgan fingerprint density at radius 3 is 2.62 bits per heavy atom. The van der Waals surface area contributed by atoms with Gasteiger partial charge in [-0.3, -0.25) is 9.48 Å². The molecular formula is C20H28N4O2. The Morgan fingerprint density at radius 2 is 1.96 bits per heavy atom. The van der Waals surface area contributed by atoms with Crippen LogP contribution in [0.1, 0.15) is 25.8 Å². The van der Waals surface area contributed by atoms with Gasteiger partial charge in [-0.15, -0.1) is 0 Å². The summed E-state index contributed by atoms with van der Waals surface area (Å²) in [5.74, 6) is 0.916. The predicted molar refractivity (Wildman–Crippen MR) is 103 cm³/mol. The SMILES string of the molecule is CCC(C)NC(=O)Cn1cc(-c2ccc(C)cc2)c(N2CCOCC2)n1. The number of nitrogens with zero attached hydrogens (tertiary/aromatic N) is 3. The molecule has 0 spiro atoms. The Hall–Kier alpha value is -2.34. The minimum Gasteiger partial charge on any atom is -0.378 e. The summed E-state index contributed by atoms with van der Waals surface area (Å²) in [6.45, 7) is 9.42. The van der Waals surface area contributed by atoms with E-state index in [1.165, 1.54) is 5.56 Å². The molecule has 0 aliphatic carbocycles. The maximum Gasteiger partial charge on any atom is 0.241 e. The van der Waals surface area contributed by atoms with Crippen molar-refractivity contribution >= 4 is 11.7 Å². The Balaban J connectivity index is 1.87. The summed E-state index contributed by atoms with van der Waals surface area (Å²) >= 11 is 0. The van der Waals surface area contributed by atoms with Crippen molar-refractivity contribution in [3.63, 3.8) is 0 Å². The summed E-state index contributed by atoms with van der Waals surface area (Å²) in [7, 11) is 0. The molecule has 1 aromatic carbocycles. The molecule has 1 amide bonds. The lowest BCUT2D eigenvalue weighted by Crippen LogP contribution is -2.37. The summed E-state index contributed by atoms with van der Waals surface area (Å²) in [6.07, 6.45) is 2.89. The number of benzene rings is 1. The van der Waals surface area contributed by atoms with Gasteiger partial charge in [0, 0.05) is 30.9 Å². The average Bonchev–Trinajstić information content (AvgIpc) is 3.06. The van der Waals surface area contributed by atoms with Crippen LogP contribution < -0.4 is 10.2 Å². The van der Waals surface area contributed by atoms with Gasteiger partial charge in [0.1, 0.15) is 6.54 Å². The summed E-state index contributed by atoms with van der Waals surface area (Å²) < 4.78 is 7.22. The minimum absolute atomic E-state index is 0.00849. The van der Waals surface area contributed by atoms with Crippen LogP contribution in [0.15, 0.2) is 30.5 Å². The summed E-state index contributed by atoms with van der Waals surface area (Å²) in [4.78, 5) is 14.5. The molecule has 1 saturated heterocycles. The van der Waals surface area contributed by atoms with Gasteiger partial charge in [0.25, 0.3) is 0 Å². The summed E-state index contributed by atoms with van der Waals surface area (Å²) in [5.41, 5.74) is 3.40. The van der Waals surface area contributed by atoms with Crippen LogP contribution in [-0.2, 0) is 16.1 Å².